The van der Waals surface area contributed by atoms with E-state index in [4.69, 9.17) is 5.73 Å². The summed E-state index contributed by atoms with van der Waals surface area (Å²) in [5.41, 5.74) is 8.60. The number of imidazole rings is 1. The summed E-state index contributed by atoms with van der Waals surface area (Å²) in [5, 5.41) is 2.09. The number of aromatic nitrogens is 2. The highest BCUT2D eigenvalue weighted by molar-refractivity contribution is 7.13. The monoisotopic (exact) mass is 283 g/mol. The third-order valence-electron chi connectivity index (χ3n) is 3.39. The zero-order chi connectivity index (χ0) is 13.8. The molecule has 102 valence electrons. The zero-order valence-electron chi connectivity index (χ0n) is 11.1. The molecule has 0 saturated heterocycles. The first kappa shape index (κ1) is 13.1. The van der Waals surface area contributed by atoms with Crippen LogP contribution in [0.15, 0.2) is 60.4 Å². The number of aryl methyl sites for hydroxylation is 1. The highest BCUT2D eigenvalue weighted by Gasteiger charge is 2.09. The molecule has 0 bridgehead atoms. The molecule has 0 saturated carbocycles. The van der Waals surface area contributed by atoms with Crippen LogP contribution in [0.1, 0.15) is 18.0 Å². The number of thiophene rings is 1. The number of hydrogen-bond donors (Lipinski definition) is 1. The van der Waals surface area contributed by atoms with Crippen LogP contribution in [0.5, 0.6) is 0 Å². The second kappa shape index (κ2) is 6.03. The highest BCUT2D eigenvalue weighted by Crippen LogP contribution is 2.25. The maximum Gasteiger partial charge on any atom is 0.0951 e. The fourth-order valence-corrected chi connectivity index (χ4v) is 3.03. The van der Waals surface area contributed by atoms with E-state index in [1.165, 1.54) is 16.1 Å². The molecule has 3 nitrogen and oxygen atoms in total. The summed E-state index contributed by atoms with van der Waals surface area (Å²) in [6.07, 6.45) is 4.70. The fraction of sp³-hybridized carbons (Fsp3) is 0.188. The van der Waals surface area contributed by atoms with Crippen molar-refractivity contribution in [1.82, 2.24) is 9.55 Å². The van der Waals surface area contributed by atoms with Crippen LogP contribution in [0.4, 0.5) is 0 Å². The van der Waals surface area contributed by atoms with Crippen molar-refractivity contribution in [2.45, 2.75) is 19.0 Å². The normalized spacial score (nSPS) is 12.4. The van der Waals surface area contributed by atoms with E-state index in [0.29, 0.717) is 0 Å². The third kappa shape index (κ3) is 2.81. The van der Waals surface area contributed by atoms with Gasteiger partial charge in [-0.3, -0.25) is 0 Å². The van der Waals surface area contributed by atoms with Gasteiger partial charge in [-0.05, 0) is 23.4 Å². The highest BCUT2D eigenvalue weighted by atomic mass is 32.1. The Balaban J connectivity index is 1.69. The molecule has 0 aliphatic rings. The SMILES string of the molecule is NC(CCn1cncc1-c1cccs1)c1ccccc1. The summed E-state index contributed by atoms with van der Waals surface area (Å²) in [7, 11) is 0. The average molecular weight is 283 g/mol. The van der Waals surface area contributed by atoms with Crippen LogP contribution in [-0.4, -0.2) is 9.55 Å². The second-order valence-electron chi connectivity index (χ2n) is 4.76. The van der Waals surface area contributed by atoms with Gasteiger partial charge in [0.25, 0.3) is 0 Å². The maximum atomic E-state index is 6.25. The lowest BCUT2D eigenvalue weighted by Gasteiger charge is -2.13. The van der Waals surface area contributed by atoms with Gasteiger partial charge >= 0.3 is 0 Å². The molecule has 3 aromatic rings. The Morgan fingerprint density at radius 2 is 2.00 bits per heavy atom. The van der Waals surface area contributed by atoms with E-state index in [1.807, 2.05) is 30.7 Å². The van der Waals surface area contributed by atoms with Crippen molar-refractivity contribution < 1.29 is 0 Å². The molecular formula is C16H17N3S. The molecule has 0 spiro atoms. The van der Waals surface area contributed by atoms with Crippen LogP contribution >= 0.6 is 11.3 Å². The predicted molar refractivity (Wildman–Crippen MR) is 83.5 cm³/mol. The number of nitrogens with two attached hydrogens (primary N) is 1. The number of rotatable bonds is 5. The standard InChI is InChI=1S/C16H17N3S/c17-14(13-5-2-1-3-6-13)8-9-19-12-18-11-15(19)16-7-4-10-20-16/h1-7,10-12,14H,8-9,17H2. The minimum Gasteiger partial charge on any atom is -0.330 e. The van der Waals surface area contributed by atoms with Crippen LogP contribution in [0.2, 0.25) is 0 Å². The molecule has 0 radical (unpaired) electrons. The fourth-order valence-electron chi connectivity index (χ4n) is 2.27. The average Bonchev–Trinajstić information content (AvgIpc) is 3.16. The van der Waals surface area contributed by atoms with Crippen LogP contribution in [-0.2, 0) is 6.54 Å². The van der Waals surface area contributed by atoms with Crippen LogP contribution in [0, 0.1) is 0 Å². The van der Waals surface area contributed by atoms with Crippen molar-refractivity contribution in [1.29, 1.82) is 0 Å². The van der Waals surface area contributed by atoms with E-state index in [-0.39, 0.29) is 6.04 Å². The third-order valence-corrected chi connectivity index (χ3v) is 4.29. The number of nitrogens with zero attached hydrogens (tertiary/aromatic N) is 2. The van der Waals surface area contributed by atoms with Gasteiger partial charge < -0.3 is 10.3 Å². The lowest BCUT2D eigenvalue weighted by molar-refractivity contribution is 0.563. The molecule has 1 atom stereocenters. The Morgan fingerprint density at radius 1 is 1.15 bits per heavy atom. The molecule has 0 fully saturated rings. The van der Waals surface area contributed by atoms with E-state index < -0.39 is 0 Å². The first-order chi connectivity index (χ1) is 9.84. The topological polar surface area (TPSA) is 43.8 Å². The lowest BCUT2D eigenvalue weighted by atomic mass is 10.1. The Labute approximate surface area is 122 Å². The van der Waals surface area contributed by atoms with Gasteiger partial charge in [0.1, 0.15) is 0 Å². The van der Waals surface area contributed by atoms with Gasteiger partial charge in [-0.15, -0.1) is 11.3 Å². The quantitative estimate of drug-likeness (QED) is 0.776. The molecule has 2 aromatic heterocycles. The van der Waals surface area contributed by atoms with Crippen molar-refractivity contribution in [3.05, 3.63) is 65.9 Å². The minimum atomic E-state index is 0.0646. The minimum absolute atomic E-state index is 0.0646. The molecule has 1 unspecified atom stereocenters. The van der Waals surface area contributed by atoms with Crippen molar-refractivity contribution in [3.8, 4) is 10.6 Å². The zero-order valence-corrected chi connectivity index (χ0v) is 12.0. The van der Waals surface area contributed by atoms with Crippen LogP contribution < -0.4 is 5.73 Å². The van der Waals surface area contributed by atoms with Crippen LogP contribution in [0.25, 0.3) is 10.6 Å². The van der Waals surface area contributed by atoms with Gasteiger partial charge in [0.2, 0.25) is 0 Å². The van der Waals surface area contributed by atoms with Gasteiger partial charge in [-0.25, -0.2) is 4.98 Å². The maximum absolute atomic E-state index is 6.25. The summed E-state index contributed by atoms with van der Waals surface area (Å²) in [4.78, 5) is 5.50. The van der Waals surface area contributed by atoms with E-state index in [0.717, 1.165) is 13.0 Å². The summed E-state index contributed by atoms with van der Waals surface area (Å²) in [5.74, 6) is 0. The van der Waals surface area contributed by atoms with Gasteiger partial charge in [0.05, 0.1) is 23.1 Å². The summed E-state index contributed by atoms with van der Waals surface area (Å²) in [6.45, 7) is 0.878. The van der Waals surface area contributed by atoms with E-state index in [9.17, 15) is 0 Å². The second-order valence-corrected chi connectivity index (χ2v) is 5.70. The molecule has 0 aliphatic carbocycles. The molecular weight excluding hydrogens is 266 g/mol. The summed E-state index contributed by atoms with van der Waals surface area (Å²) < 4.78 is 2.18. The molecule has 3 rings (SSSR count). The lowest BCUT2D eigenvalue weighted by Crippen LogP contribution is -2.13. The van der Waals surface area contributed by atoms with Gasteiger partial charge in [-0.2, -0.15) is 0 Å². The smallest absolute Gasteiger partial charge is 0.0951 e. The van der Waals surface area contributed by atoms with E-state index >= 15 is 0 Å². The largest absolute Gasteiger partial charge is 0.330 e. The Morgan fingerprint density at radius 3 is 2.75 bits per heavy atom. The summed E-state index contributed by atoms with van der Waals surface area (Å²) in [6, 6.07) is 14.5. The molecule has 0 amide bonds. The predicted octanol–water partition coefficient (Wildman–Crippen LogP) is 3.70. The molecule has 20 heavy (non-hydrogen) atoms. The Bertz CT molecular complexity index is 643. The number of benzene rings is 1. The van der Waals surface area contributed by atoms with Gasteiger partial charge in [0.15, 0.2) is 0 Å². The molecule has 4 heteroatoms. The Hall–Kier alpha value is -1.91. The molecule has 2 heterocycles. The van der Waals surface area contributed by atoms with Crippen molar-refractivity contribution in [3.63, 3.8) is 0 Å². The van der Waals surface area contributed by atoms with Crippen molar-refractivity contribution in [2.24, 2.45) is 5.73 Å². The van der Waals surface area contributed by atoms with Gasteiger partial charge in [0, 0.05) is 12.6 Å². The van der Waals surface area contributed by atoms with Gasteiger partial charge in [-0.1, -0.05) is 36.4 Å². The van der Waals surface area contributed by atoms with Crippen molar-refractivity contribution >= 4 is 11.3 Å². The summed E-state index contributed by atoms with van der Waals surface area (Å²) >= 11 is 1.73. The van der Waals surface area contributed by atoms with E-state index in [1.54, 1.807) is 11.3 Å². The molecule has 1 aromatic carbocycles. The first-order valence-electron chi connectivity index (χ1n) is 6.69. The van der Waals surface area contributed by atoms with Crippen molar-refractivity contribution in [2.75, 3.05) is 0 Å². The number of hydrogen-bond acceptors (Lipinski definition) is 3. The molecule has 2 N–H and O–H groups in total. The van der Waals surface area contributed by atoms with Crippen LogP contribution in [0.3, 0.4) is 0 Å². The first-order valence-corrected chi connectivity index (χ1v) is 7.57. The van der Waals surface area contributed by atoms with E-state index in [2.05, 4.69) is 39.2 Å². The molecule has 0 aliphatic heterocycles. The Kier molecular flexibility index (Phi) is 3.95.